The monoisotopic (exact) mass is 100 g/mol. The van der Waals surface area contributed by atoms with E-state index >= 15 is 0 Å². The Kier molecular flexibility index (Phi) is 1.33. The van der Waals surface area contributed by atoms with Gasteiger partial charge < -0.3 is 4.74 Å². The highest BCUT2D eigenvalue weighted by Gasteiger charge is 2.34. The first-order chi connectivity index (χ1) is 3.38. The van der Waals surface area contributed by atoms with Crippen molar-refractivity contribution in [3.05, 3.63) is 0 Å². The fourth-order valence-corrected chi connectivity index (χ4v) is 0.938. The first kappa shape index (κ1) is 5.10. The summed E-state index contributed by atoms with van der Waals surface area (Å²) < 4.78 is 5.06. The molecule has 0 aromatic rings. The molecule has 42 valence electrons. The Bertz CT molecular complexity index is 53.2. The number of hydrogen-bond donors (Lipinski definition) is 0. The zero-order valence-corrected chi connectivity index (χ0v) is 4.98. The van der Waals surface area contributed by atoms with Gasteiger partial charge in [0.15, 0.2) is 0 Å². The van der Waals surface area contributed by atoms with Crippen LogP contribution in [0.2, 0.25) is 0 Å². The maximum atomic E-state index is 5.06. The molecule has 1 saturated carbocycles. The van der Waals surface area contributed by atoms with Crippen molar-refractivity contribution < 1.29 is 4.74 Å². The lowest BCUT2D eigenvalue weighted by Crippen LogP contribution is -1.88. The molecule has 0 N–H and O–H groups in total. The zero-order valence-electron chi connectivity index (χ0n) is 4.98. The number of hydrogen-bond acceptors (Lipinski definition) is 1. The molecular formula is C6H12O. The van der Waals surface area contributed by atoms with Crippen LogP contribution in [0.25, 0.3) is 0 Å². The molecule has 1 fully saturated rings. The minimum absolute atomic E-state index is 0.616. The van der Waals surface area contributed by atoms with E-state index in [-0.39, 0.29) is 0 Å². The van der Waals surface area contributed by atoms with Crippen LogP contribution in [-0.2, 0) is 4.74 Å². The topological polar surface area (TPSA) is 9.23 Å². The summed E-state index contributed by atoms with van der Waals surface area (Å²) in [4.78, 5) is 0. The van der Waals surface area contributed by atoms with Crippen LogP contribution in [0.5, 0.6) is 0 Å². The van der Waals surface area contributed by atoms with Gasteiger partial charge >= 0.3 is 0 Å². The standard InChI is InChI=1S/C6H12O/c1-3-5-4-6(5)7-2/h5-6H,3-4H2,1-2H3/t5-,6-/m1/s1. The summed E-state index contributed by atoms with van der Waals surface area (Å²) in [7, 11) is 1.79. The molecule has 0 aromatic carbocycles. The minimum Gasteiger partial charge on any atom is -0.381 e. The zero-order chi connectivity index (χ0) is 5.28. The molecule has 7 heavy (non-hydrogen) atoms. The van der Waals surface area contributed by atoms with Crippen molar-refractivity contribution >= 4 is 0 Å². The van der Waals surface area contributed by atoms with Gasteiger partial charge in [-0.05, 0) is 12.3 Å². The highest BCUT2D eigenvalue weighted by Crippen LogP contribution is 2.35. The maximum absolute atomic E-state index is 5.06. The van der Waals surface area contributed by atoms with Crippen molar-refractivity contribution in [2.45, 2.75) is 25.9 Å². The average molecular weight is 100 g/mol. The second-order valence-corrected chi connectivity index (χ2v) is 2.18. The van der Waals surface area contributed by atoms with Crippen LogP contribution in [0.15, 0.2) is 0 Å². The first-order valence-corrected chi connectivity index (χ1v) is 2.91. The van der Waals surface area contributed by atoms with Gasteiger partial charge in [0, 0.05) is 7.11 Å². The fraction of sp³-hybridized carbons (Fsp3) is 1.00. The summed E-state index contributed by atoms with van der Waals surface area (Å²) in [5.41, 5.74) is 0. The van der Waals surface area contributed by atoms with E-state index in [9.17, 15) is 0 Å². The van der Waals surface area contributed by atoms with Gasteiger partial charge in [0.1, 0.15) is 0 Å². The highest BCUT2D eigenvalue weighted by atomic mass is 16.5. The van der Waals surface area contributed by atoms with E-state index in [1.165, 1.54) is 12.8 Å². The van der Waals surface area contributed by atoms with Gasteiger partial charge in [-0.2, -0.15) is 0 Å². The molecule has 1 nitrogen and oxygen atoms in total. The predicted molar refractivity (Wildman–Crippen MR) is 29.2 cm³/mol. The fourth-order valence-electron chi connectivity index (χ4n) is 0.938. The Hall–Kier alpha value is -0.0400. The number of methoxy groups -OCH3 is 1. The van der Waals surface area contributed by atoms with Gasteiger partial charge in [-0.25, -0.2) is 0 Å². The second kappa shape index (κ2) is 1.83. The van der Waals surface area contributed by atoms with Gasteiger partial charge in [-0.15, -0.1) is 0 Å². The summed E-state index contributed by atoms with van der Waals surface area (Å²) >= 11 is 0. The number of rotatable bonds is 2. The van der Waals surface area contributed by atoms with Crippen LogP contribution in [0.4, 0.5) is 0 Å². The van der Waals surface area contributed by atoms with E-state index in [2.05, 4.69) is 6.92 Å². The van der Waals surface area contributed by atoms with Crippen LogP contribution in [0.3, 0.4) is 0 Å². The Morgan fingerprint density at radius 3 is 2.57 bits per heavy atom. The van der Waals surface area contributed by atoms with Gasteiger partial charge in [-0.1, -0.05) is 13.3 Å². The minimum atomic E-state index is 0.616. The van der Waals surface area contributed by atoms with Gasteiger partial charge in [-0.3, -0.25) is 0 Å². The lowest BCUT2D eigenvalue weighted by molar-refractivity contribution is 0.168. The van der Waals surface area contributed by atoms with Crippen molar-refractivity contribution in [1.29, 1.82) is 0 Å². The molecule has 0 amide bonds. The summed E-state index contributed by atoms with van der Waals surface area (Å²) in [5, 5.41) is 0. The lowest BCUT2D eigenvalue weighted by atomic mass is 10.3. The summed E-state index contributed by atoms with van der Waals surface area (Å²) in [6.45, 7) is 2.21. The van der Waals surface area contributed by atoms with Crippen LogP contribution in [0, 0.1) is 5.92 Å². The normalized spacial score (nSPS) is 38.6. The molecule has 0 saturated heterocycles. The first-order valence-electron chi connectivity index (χ1n) is 2.91. The third kappa shape index (κ3) is 0.942. The maximum Gasteiger partial charge on any atom is 0.0603 e. The molecule has 1 aliphatic rings. The molecule has 0 aliphatic heterocycles. The Balaban J connectivity index is 2.06. The molecule has 2 atom stereocenters. The van der Waals surface area contributed by atoms with E-state index in [4.69, 9.17) is 4.74 Å². The van der Waals surface area contributed by atoms with E-state index < -0.39 is 0 Å². The Morgan fingerprint density at radius 2 is 2.43 bits per heavy atom. The van der Waals surface area contributed by atoms with Crippen LogP contribution < -0.4 is 0 Å². The van der Waals surface area contributed by atoms with Crippen molar-refractivity contribution in [3.63, 3.8) is 0 Å². The molecule has 0 unspecified atom stereocenters. The summed E-state index contributed by atoms with van der Waals surface area (Å²) in [6.07, 6.45) is 3.20. The lowest BCUT2D eigenvalue weighted by Gasteiger charge is -1.88. The van der Waals surface area contributed by atoms with E-state index in [1.54, 1.807) is 7.11 Å². The van der Waals surface area contributed by atoms with Crippen molar-refractivity contribution in [2.24, 2.45) is 5.92 Å². The molecule has 0 radical (unpaired) electrons. The van der Waals surface area contributed by atoms with Crippen molar-refractivity contribution in [3.8, 4) is 0 Å². The van der Waals surface area contributed by atoms with E-state index in [1.807, 2.05) is 0 Å². The molecule has 1 aliphatic carbocycles. The Labute approximate surface area is 44.7 Å². The second-order valence-electron chi connectivity index (χ2n) is 2.18. The SMILES string of the molecule is CC[C@@H]1C[C@H]1OC. The van der Waals surface area contributed by atoms with Gasteiger partial charge in [0.05, 0.1) is 6.10 Å². The third-order valence-corrected chi connectivity index (χ3v) is 1.68. The molecule has 1 heteroatoms. The van der Waals surface area contributed by atoms with Crippen LogP contribution in [0.1, 0.15) is 19.8 Å². The molecule has 0 bridgehead atoms. The summed E-state index contributed by atoms with van der Waals surface area (Å²) in [6, 6.07) is 0. The van der Waals surface area contributed by atoms with Gasteiger partial charge in [0.2, 0.25) is 0 Å². The Morgan fingerprint density at radius 1 is 1.71 bits per heavy atom. The molecular weight excluding hydrogens is 88.1 g/mol. The average Bonchev–Trinajstić information content (AvgIpc) is 2.43. The quantitative estimate of drug-likeness (QED) is 0.510. The molecule has 0 aromatic heterocycles. The van der Waals surface area contributed by atoms with Gasteiger partial charge in [0.25, 0.3) is 0 Å². The summed E-state index contributed by atoms with van der Waals surface area (Å²) in [5.74, 6) is 0.894. The molecule has 1 rings (SSSR count). The molecule has 0 heterocycles. The predicted octanol–water partition coefficient (Wildman–Crippen LogP) is 1.43. The largest absolute Gasteiger partial charge is 0.381 e. The van der Waals surface area contributed by atoms with E-state index in [0.29, 0.717) is 6.10 Å². The molecule has 0 spiro atoms. The van der Waals surface area contributed by atoms with E-state index in [0.717, 1.165) is 5.92 Å². The van der Waals surface area contributed by atoms with Crippen molar-refractivity contribution in [1.82, 2.24) is 0 Å². The smallest absolute Gasteiger partial charge is 0.0603 e. The van der Waals surface area contributed by atoms with Crippen LogP contribution >= 0.6 is 0 Å². The highest BCUT2D eigenvalue weighted by molar-refractivity contribution is 4.85. The third-order valence-electron chi connectivity index (χ3n) is 1.68. The number of ether oxygens (including phenoxy) is 1. The van der Waals surface area contributed by atoms with Crippen molar-refractivity contribution in [2.75, 3.05) is 7.11 Å². The van der Waals surface area contributed by atoms with Crippen LogP contribution in [-0.4, -0.2) is 13.2 Å².